The minimum absolute atomic E-state index is 0.728. The van der Waals surface area contributed by atoms with E-state index in [4.69, 9.17) is 9.47 Å². The van der Waals surface area contributed by atoms with Gasteiger partial charge in [0, 0.05) is 13.2 Å². The van der Waals surface area contributed by atoms with E-state index in [1.807, 2.05) is 6.92 Å². The van der Waals surface area contributed by atoms with Gasteiger partial charge in [0.1, 0.15) is 0 Å². The maximum absolute atomic E-state index is 5.45. The zero-order valence-corrected chi connectivity index (χ0v) is 7.84. The molecule has 1 N–H and O–H groups in total. The van der Waals surface area contributed by atoms with Crippen LogP contribution in [0.25, 0.3) is 0 Å². The fraction of sp³-hybridized carbons (Fsp3) is 1.00. The standard InChI is InChI=1S/C9H19NO2/c1-2-11-5-6-12-8-9-3-4-10-7-9/h9-10H,2-8H2,1H3/t9-/m0/s1. The van der Waals surface area contributed by atoms with Gasteiger partial charge in [-0.1, -0.05) is 0 Å². The van der Waals surface area contributed by atoms with Crippen LogP contribution >= 0.6 is 0 Å². The second kappa shape index (κ2) is 6.40. The second-order valence-electron chi connectivity index (χ2n) is 3.13. The molecule has 0 bridgehead atoms. The molecule has 0 aromatic heterocycles. The molecular weight excluding hydrogens is 154 g/mol. The summed E-state index contributed by atoms with van der Waals surface area (Å²) in [6.45, 7) is 7.42. The number of hydrogen-bond donors (Lipinski definition) is 1. The molecule has 1 rings (SSSR count). The van der Waals surface area contributed by atoms with Crippen LogP contribution in [-0.2, 0) is 9.47 Å². The molecule has 0 saturated carbocycles. The number of rotatable bonds is 6. The Balaban J connectivity index is 1.81. The normalized spacial score (nSPS) is 23.2. The zero-order chi connectivity index (χ0) is 8.65. The van der Waals surface area contributed by atoms with Crippen molar-refractivity contribution in [3.8, 4) is 0 Å². The predicted octanol–water partition coefficient (Wildman–Crippen LogP) is 0.649. The van der Waals surface area contributed by atoms with Crippen molar-refractivity contribution in [1.82, 2.24) is 5.32 Å². The minimum Gasteiger partial charge on any atom is -0.379 e. The van der Waals surface area contributed by atoms with Gasteiger partial charge < -0.3 is 14.8 Å². The Labute approximate surface area is 74.4 Å². The van der Waals surface area contributed by atoms with Crippen molar-refractivity contribution in [2.45, 2.75) is 13.3 Å². The van der Waals surface area contributed by atoms with Gasteiger partial charge in [-0.3, -0.25) is 0 Å². The number of nitrogens with one attached hydrogen (secondary N) is 1. The highest BCUT2D eigenvalue weighted by Crippen LogP contribution is 2.06. The SMILES string of the molecule is CCOCCOC[C@H]1CCNC1. The Morgan fingerprint density at radius 2 is 2.17 bits per heavy atom. The van der Waals surface area contributed by atoms with Crippen molar-refractivity contribution < 1.29 is 9.47 Å². The van der Waals surface area contributed by atoms with Gasteiger partial charge in [0.15, 0.2) is 0 Å². The Hall–Kier alpha value is -0.120. The molecule has 1 aliphatic rings. The van der Waals surface area contributed by atoms with Gasteiger partial charge in [-0.05, 0) is 25.8 Å². The van der Waals surface area contributed by atoms with Crippen molar-refractivity contribution in [2.24, 2.45) is 5.92 Å². The number of hydrogen-bond acceptors (Lipinski definition) is 3. The number of ether oxygens (including phenoxy) is 2. The van der Waals surface area contributed by atoms with Crippen LogP contribution in [0.5, 0.6) is 0 Å². The largest absolute Gasteiger partial charge is 0.379 e. The summed E-state index contributed by atoms with van der Waals surface area (Å²) in [6, 6.07) is 0. The monoisotopic (exact) mass is 173 g/mol. The van der Waals surface area contributed by atoms with Crippen LogP contribution in [0, 0.1) is 5.92 Å². The van der Waals surface area contributed by atoms with Crippen molar-refractivity contribution in [1.29, 1.82) is 0 Å². The topological polar surface area (TPSA) is 30.5 Å². The van der Waals surface area contributed by atoms with Gasteiger partial charge in [-0.2, -0.15) is 0 Å². The second-order valence-corrected chi connectivity index (χ2v) is 3.13. The third kappa shape index (κ3) is 4.04. The molecule has 1 atom stereocenters. The molecule has 0 aromatic rings. The summed E-state index contributed by atoms with van der Waals surface area (Å²) in [6.07, 6.45) is 1.26. The summed E-state index contributed by atoms with van der Waals surface area (Å²) in [5.41, 5.74) is 0. The lowest BCUT2D eigenvalue weighted by molar-refractivity contribution is 0.0400. The average Bonchev–Trinajstić information content (AvgIpc) is 2.57. The summed E-state index contributed by atoms with van der Waals surface area (Å²) in [5.74, 6) is 0.728. The van der Waals surface area contributed by atoms with E-state index in [2.05, 4.69) is 5.32 Å². The van der Waals surface area contributed by atoms with E-state index in [0.29, 0.717) is 0 Å². The van der Waals surface area contributed by atoms with Gasteiger partial charge in [-0.25, -0.2) is 0 Å². The first-order valence-electron chi connectivity index (χ1n) is 4.79. The Morgan fingerprint density at radius 3 is 2.83 bits per heavy atom. The summed E-state index contributed by atoms with van der Waals surface area (Å²) in [7, 11) is 0. The van der Waals surface area contributed by atoms with Crippen LogP contribution in [0.3, 0.4) is 0 Å². The molecule has 3 nitrogen and oxygen atoms in total. The molecule has 0 unspecified atom stereocenters. The summed E-state index contributed by atoms with van der Waals surface area (Å²) in [5, 5.41) is 3.31. The highest BCUT2D eigenvalue weighted by molar-refractivity contribution is 4.69. The van der Waals surface area contributed by atoms with E-state index in [0.717, 1.165) is 45.4 Å². The molecule has 72 valence electrons. The van der Waals surface area contributed by atoms with Gasteiger partial charge in [0.05, 0.1) is 19.8 Å². The molecule has 0 aliphatic carbocycles. The molecule has 1 fully saturated rings. The minimum atomic E-state index is 0.728. The Bertz CT molecular complexity index is 103. The molecule has 0 spiro atoms. The molecule has 3 heteroatoms. The van der Waals surface area contributed by atoms with E-state index in [1.165, 1.54) is 6.42 Å². The summed E-state index contributed by atoms with van der Waals surface area (Å²) in [4.78, 5) is 0. The fourth-order valence-corrected chi connectivity index (χ4v) is 1.37. The van der Waals surface area contributed by atoms with Gasteiger partial charge >= 0.3 is 0 Å². The van der Waals surface area contributed by atoms with Crippen molar-refractivity contribution in [3.05, 3.63) is 0 Å². The molecule has 12 heavy (non-hydrogen) atoms. The van der Waals surface area contributed by atoms with E-state index >= 15 is 0 Å². The molecule has 1 saturated heterocycles. The van der Waals surface area contributed by atoms with Crippen molar-refractivity contribution in [2.75, 3.05) is 39.5 Å². The molecular formula is C9H19NO2. The summed E-state index contributed by atoms with van der Waals surface area (Å²) >= 11 is 0. The fourth-order valence-electron chi connectivity index (χ4n) is 1.37. The van der Waals surface area contributed by atoms with Crippen LogP contribution in [0.15, 0.2) is 0 Å². The van der Waals surface area contributed by atoms with Gasteiger partial charge in [0.2, 0.25) is 0 Å². The first-order chi connectivity index (χ1) is 5.93. The highest BCUT2D eigenvalue weighted by Gasteiger charge is 2.13. The lowest BCUT2D eigenvalue weighted by atomic mass is 10.1. The van der Waals surface area contributed by atoms with Crippen molar-refractivity contribution >= 4 is 0 Å². The predicted molar refractivity (Wildman–Crippen MR) is 48.3 cm³/mol. The zero-order valence-electron chi connectivity index (χ0n) is 7.84. The smallest absolute Gasteiger partial charge is 0.0700 e. The highest BCUT2D eigenvalue weighted by atomic mass is 16.5. The van der Waals surface area contributed by atoms with Crippen LogP contribution < -0.4 is 5.32 Å². The van der Waals surface area contributed by atoms with Crippen LogP contribution in [0.1, 0.15) is 13.3 Å². The lowest BCUT2D eigenvalue weighted by Crippen LogP contribution is -2.15. The van der Waals surface area contributed by atoms with Crippen LogP contribution in [-0.4, -0.2) is 39.5 Å². The molecule has 0 radical (unpaired) electrons. The summed E-state index contributed by atoms with van der Waals surface area (Å²) < 4.78 is 10.6. The third-order valence-electron chi connectivity index (χ3n) is 2.09. The Kier molecular flexibility index (Phi) is 5.32. The van der Waals surface area contributed by atoms with E-state index < -0.39 is 0 Å². The van der Waals surface area contributed by atoms with Gasteiger partial charge in [-0.15, -0.1) is 0 Å². The van der Waals surface area contributed by atoms with Gasteiger partial charge in [0.25, 0.3) is 0 Å². The van der Waals surface area contributed by atoms with E-state index in [9.17, 15) is 0 Å². The van der Waals surface area contributed by atoms with Crippen LogP contribution in [0.4, 0.5) is 0 Å². The maximum atomic E-state index is 5.45. The molecule has 1 aliphatic heterocycles. The molecule has 0 amide bonds. The van der Waals surface area contributed by atoms with Crippen LogP contribution in [0.2, 0.25) is 0 Å². The maximum Gasteiger partial charge on any atom is 0.0700 e. The quantitative estimate of drug-likeness (QED) is 0.598. The Morgan fingerprint density at radius 1 is 1.33 bits per heavy atom. The molecule has 1 heterocycles. The first-order valence-corrected chi connectivity index (χ1v) is 4.79. The lowest BCUT2D eigenvalue weighted by Gasteiger charge is -2.08. The average molecular weight is 173 g/mol. The van der Waals surface area contributed by atoms with Crippen molar-refractivity contribution in [3.63, 3.8) is 0 Å². The van der Waals surface area contributed by atoms with E-state index in [-0.39, 0.29) is 0 Å². The first kappa shape index (κ1) is 9.96. The molecule has 0 aromatic carbocycles. The van der Waals surface area contributed by atoms with E-state index in [1.54, 1.807) is 0 Å². The third-order valence-corrected chi connectivity index (χ3v) is 2.09.